The van der Waals surface area contributed by atoms with Crippen LogP contribution in [0.25, 0.3) is 0 Å². The number of aromatic nitrogens is 2. The highest BCUT2D eigenvalue weighted by atomic mass is 16.5. The van der Waals surface area contributed by atoms with Crippen molar-refractivity contribution < 1.29 is 9.53 Å². The molecule has 6 heteroatoms. The van der Waals surface area contributed by atoms with Gasteiger partial charge in [0.2, 0.25) is 5.95 Å². The molecule has 1 aromatic rings. The molecule has 0 aromatic carbocycles. The molecule has 0 bridgehead atoms. The van der Waals surface area contributed by atoms with Gasteiger partial charge in [0.05, 0.1) is 0 Å². The summed E-state index contributed by atoms with van der Waals surface area (Å²) in [6.45, 7) is 3.91. The predicted octanol–water partition coefficient (Wildman–Crippen LogP) is 0.248. The van der Waals surface area contributed by atoms with Crippen molar-refractivity contribution in [2.24, 2.45) is 7.05 Å². The standard InChI is InChI=1S/C13H20N4O2/c1-15-5-4-14-13(15)17-8-6-16(7-9-17)12(18)11-3-2-10-19-11/h4-5,11H,2-3,6-10H2,1H3. The lowest BCUT2D eigenvalue weighted by molar-refractivity contribution is -0.141. The van der Waals surface area contributed by atoms with Crippen LogP contribution in [0.15, 0.2) is 12.4 Å². The number of aryl methyl sites for hydroxylation is 1. The molecule has 3 rings (SSSR count). The van der Waals surface area contributed by atoms with Crippen molar-refractivity contribution in [3.05, 3.63) is 12.4 Å². The summed E-state index contributed by atoms with van der Waals surface area (Å²) in [7, 11) is 1.99. The molecular formula is C13H20N4O2. The number of amides is 1. The lowest BCUT2D eigenvalue weighted by atomic mass is 10.2. The Labute approximate surface area is 113 Å². The van der Waals surface area contributed by atoms with E-state index in [0.717, 1.165) is 51.6 Å². The molecular weight excluding hydrogens is 244 g/mol. The van der Waals surface area contributed by atoms with Crippen molar-refractivity contribution in [3.8, 4) is 0 Å². The molecule has 19 heavy (non-hydrogen) atoms. The lowest BCUT2D eigenvalue weighted by Crippen LogP contribution is -2.52. The van der Waals surface area contributed by atoms with Crippen LogP contribution < -0.4 is 4.90 Å². The fraction of sp³-hybridized carbons (Fsp3) is 0.692. The van der Waals surface area contributed by atoms with Gasteiger partial charge in [-0.1, -0.05) is 0 Å². The van der Waals surface area contributed by atoms with Gasteiger partial charge in [-0.15, -0.1) is 0 Å². The second kappa shape index (κ2) is 5.21. The first-order valence-corrected chi connectivity index (χ1v) is 6.88. The molecule has 0 saturated carbocycles. The first kappa shape index (κ1) is 12.5. The van der Waals surface area contributed by atoms with Crippen molar-refractivity contribution >= 4 is 11.9 Å². The van der Waals surface area contributed by atoms with Crippen molar-refractivity contribution in [1.29, 1.82) is 0 Å². The van der Waals surface area contributed by atoms with E-state index in [1.165, 1.54) is 0 Å². The van der Waals surface area contributed by atoms with Gasteiger partial charge < -0.3 is 19.1 Å². The summed E-state index contributed by atoms with van der Waals surface area (Å²) in [4.78, 5) is 20.7. The van der Waals surface area contributed by atoms with Gasteiger partial charge in [0, 0.05) is 52.2 Å². The number of imidazole rings is 1. The molecule has 6 nitrogen and oxygen atoms in total. The minimum Gasteiger partial charge on any atom is -0.368 e. The van der Waals surface area contributed by atoms with E-state index in [2.05, 4.69) is 9.88 Å². The number of carbonyl (C=O) groups is 1. The van der Waals surface area contributed by atoms with Gasteiger partial charge in [-0.25, -0.2) is 4.98 Å². The average molecular weight is 264 g/mol. The minimum absolute atomic E-state index is 0.164. The molecule has 1 unspecified atom stereocenters. The zero-order valence-corrected chi connectivity index (χ0v) is 11.3. The van der Waals surface area contributed by atoms with Gasteiger partial charge in [-0.2, -0.15) is 0 Å². The topological polar surface area (TPSA) is 50.6 Å². The van der Waals surface area contributed by atoms with E-state index < -0.39 is 0 Å². The van der Waals surface area contributed by atoms with Crippen LogP contribution >= 0.6 is 0 Å². The van der Waals surface area contributed by atoms with E-state index in [0.29, 0.717) is 0 Å². The van der Waals surface area contributed by atoms with Gasteiger partial charge in [-0.3, -0.25) is 4.79 Å². The quantitative estimate of drug-likeness (QED) is 0.768. The third kappa shape index (κ3) is 2.45. The smallest absolute Gasteiger partial charge is 0.251 e. The summed E-state index contributed by atoms with van der Waals surface area (Å²) in [5, 5.41) is 0. The molecule has 3 heterocycles. The van der Waals surface area contributed by atoms with Crippen LogP contribution in [0.5, 0.6) is 0 Å². The SMILES string of the molecule is Cn1ccnc1N1CCN(C(=O)C2CCCO2)CC1. The van der Waals surface area contributed by atoms with Crippen LogP contribution in [-0.2, 0) is 16.6 Å². The molecule has 104 valence electrons. The summed E-state index contributed by atoms with van der Waals surface area (Å²) in [5.41, 5.74) is 0. The highest BCUT2D eigenvalue weighted by Gasteiger charge is 2.30. The summed E-state index contributed by atoms with van der Waals surface area (Å²) in [5.74, 6) is 1.14. The monoisotopic (exact) mass is 264 g/mol. The summed E-state index contributed by atoms with van der Waals surface area (Å²) >= 11 is 0. The molecule has 1 aromatic heterocycles. The third-order valence-electron chi connectivity index (χ3n) is 3.88. The maximum atomic E-state index is 12.2. The van der Waals surface area contributed by atoms with Crippen molar-refractivity contribution in [3.63, 3.8) is 0 Å². The molecule has 2 saturated heterocycles. The molecule has 0 spiro atoms. The summed E-state index contributed by atoms with van der Waals surface area (Å²) < 4.78 is 7.48. The second-order valence-corrected chi connectivity index (χ2v) is 5.15. The van der Waals surface area contributed by atoms with Gasteiger partial charge >= 0.3 is 0 Å². The Morgan fingerprint density at radius 2 is 2.16 bits per heavy atom. The molecule has 1 amide bonds. The summed E-state index contributed by atoms with van der Waals surface area (Å²) in [6.07, 6.45) is 5.43. The Hall–Kier alpha value is -1.56. The van der Waals surface area contributed by atoms with E-state index in [-0.39, 0.29) is 12.0 Å². The number of nitrogens with zero attached hydrogens (tertiary/aromatic N) is 4. The van der Waals surface area contributed by atoms with Crippen LogP contribution in [-0.4, -0.2) is 59.2 Å². The lowest BCUT2D eigenvalue weighted by Gasteiger charge is -2.36. The molecule has 2 fully saturated rings. The highest BCUT2D eigenvalue weighted by Crippen LogP contribution is 2.17. The van der Waals surface area contributed by atoms with Crippen molar-refractivity contribution in [2.45, 2.75) is 18.9 Å². The van der Waals surface area contributed by atoms with Crippen LogP contribution in [0.2, 0.25) is 0 Å². The molecule has 1 atom stereocenters. The zero-order chi connectivity index (χ0) is 13.2. The Morgan fingerprint density at radius 1 is 1.37 bits per heavy atom. The maximum Gasteiger partial charge on any atom is 0.251 e. The number of ether oxygens (including phenoxy) is 1. The summed E-state index contributed by atoms with van der Waals surface area (Å²) in [6, 6.07) is 0. The number of hydrogen-bond donors (Lipinski definition) is 0. The number of anilines is 1. The molecule has 0 radical (unpaired) electrons. The fourth-order valence-corrected chi connectivity index (χ4v) is 2.77. The molecule has 2 aliphatic heterocycles. The van der Waals surface area contributed by atoms with Gasteiger partial charge in [0.25, 0.3) is 5.91 Å². The first-order chi connectivity index (χ1) is 9.25. The highest BCUT2D eigenvalue weighted by molar-refractivity contribution is 5.81. The number of rotatable bonds is 2. The van der Waals surface area contributed by atoms with Crippen LogP contribution in [0.1, 0.15) is 12.8 Å². The van der Waals surface area contributed by atoms with Crippen LogP contribution in [0.3, 0.4) is 0 Å². The number of hydrogen-bond acceptors (Lipinski definition) is 4. The third-order valence-corrected chi connectivity index (χ3v) is 3.88. The number of piperazine rings is 1. The Balaban J connectivity index is 1.57. The first-order valence-electron chi connectivity index (χ1n) is 6.88. The normalized spacial score (nSPS) is 23.9. The Kier molecular flexibility index (Phi) is 3.42. The largest absolute Gasteiger partial charge is 0.368 e. The van der Waals surface area contributed by atoms with E-state index in [9.17, 15) is 4.79 Å². The van der Waals surface area contributed by atoms with Gasteiger partial charge in [0.1, 0.15) is 6.10 Å². The molecule has 0 N–H and O–H groups in total. The van der Waals surface area contributed by atoms with Crippen LogP contribution in [0, 0.1) is 0 Å². The average Bonchev–Trinajstić information content (AvgIpc) is 3.09. The minimum atomic E-state index is -0.195. The van der Waals surface area contributed by atoms with Gasteiger partial charge in [0.15, 0.2) is 0 Å². The predicted molar refractivity (Wildman–Crippen MR) is 71.0 cm³/mol. The van der Waals surface area contributed by atoms with E-state index >= 15 is 0 Å². The second-order valence-electron chi connectivity index (χ2n) is 5.15. The number of carbonyl (C=O) groups excluding carboxylic acids is 1. The fourth-order valence-electron chi connectivity index (χ4n) is 2.77. The zero-order valence-electron chi connectivity index (χ0n) is 11.3. The van der Waals surface area contributed by atoms with E-state index in [1.807, 2.05) is 22.7 Å². The van der Waals surface area contributed by atoms with Crippen molar-refractivity contribution in [2.75, 3.05) is 37.7 Å². The van der Waals surface area contributed by atoms with Crippen LogP contribution in [0.4, 0.5) is 5.95 Å². The van der Waals surface area contributed by atoms with Gasteiger partial charge in [-0.05, 0) is 12.8 Å². The molecule has 2 aliphatic rings. The van der Waals surface area contributed by atoms with Crippen molar-refractivity contribution in [1.82, 2.24) is 14.5 Å². The van der Waals surface area contributed by atoms with E-state index in [4.69, 9.17) is 4.74 Å². The molecule has 0 aliphatic carbocycles. The maximum absolute atomic E-state index is 12.2. The Bertz CT molecular complexity index is 445. The Morgan fingerprint density at radius 3 is 2.74 bits per heavy atom. The van der Waals surface area contributed by atoms with E-state index in [1.54, 1.807) is 6.20 Å².